The summed E-state index contributed by atoms with van der Waals surface area (Å²) < 4.78 is 19.5. The lowest BCUT2D eigenvalue weighted by atomic mass is 10.0. The molecule has 1 unspecified atom stereocenters. The van der Waals surface area contributed by atoms with E-state index in [4.69, 9.17) is 4.74 Å². The predicted molar refractivity (Wildman–Crippen MR) is 75.8 cm³/mol. The number of aliphatic hydroxyl groups excluding tert-OH is 1. The van der Waals surface area contributed by atoms with Crippen LogP contribution in [0.1, 0.15) is 17.2 Å². The van der Waals surface area contributed by atoms with Gasteiger partial charge in [-0.25, -0.2) is 4.39 Å². The largest absolute Gasteiger partial charge is 0.497 e. The van der Waals surface area contributed by atoms with E-state index in [1.54, 1.807) is 43.5 Å². The number of aliphatic hydroxyl groups is 1. The molecule has 0 radical (unpaired) electrons. The molecule has 4 heteroatoms. The van der Waals surface area contributed by atoms with Gasteiger partial charge in [-0.2, -0.15) is 0 Å². The molecule has 0 saturated carbocycles. The Hall–Kier alpha value is -1.39. The third kappa shape index (κ3) is 3.55. The molecule has 2 aromatic carbocycles. The van der Waals surface area contributed by atoms with Crippen LogP contribution in [0.2, 0.25) is 0 Å². The van der Waals surface area contributed by atoms with Gasteiger partial charge in [0.1, 0.15) is 11.6 Å². The highest BCUT2D eigenvalue weighted by atomic mass is 79.9. The van der Waals surface area contributed by atoms with Gasteiger partial charge in [-0.3, -0.25) is 0 Å². The minimum atomic E-state index is -0.765. The van der Waals surface area contributed by atoms with Crippen molar-refractivity contribution >= 4 is 15.9 Å². The van der Waals surface area contributed by atoms with E-state index in [2.05, 4.69) is 15.9 Å². The Morgan fingerprint density at radius 1 is 1.26 bits per heavy atom. The molecule has 0 spiro atoms. The van der Waals surface area contributed by atoms with E-state index in [-0.39, 0.29) is 12.2 Å². The number of rotatable bonds is 4. The average Bonchev–Trinajstić information content (AvgIpc) is 2.43. The van der Waals surface area contributed by atoms with Gasteiger partial charge in [-0.15, -0.1) is 0 Å². The Bertz CT molecular complexity index is 572. The Kier molecular flexibility index (Phi) is 4.56. The molecule has 1 N–H and O–H groups in total. The summed E-state index contributed by atoms with van der Waals surface area (Å²) in [6, 6.07) is 11.8. The van der Waals surface area contributed by atoms with Crippen molar-refractivity contribution in [2.24, 2.45) is 0 Å². The van der Waals surface area contributed by atoms with Crippen LogP contribution in [-0.4, -0.2) is 12.2 Å². The van der Waals surface area contributed by atoms with E-state index in [0.717, 1.165) is 4.47 Å². The van der Waals surface area contributed by atoms with Crippen LogP contribution in [0, 0.1) is 5.82 Å². The van der Waals surface area contributed by atoms with Gasteiger partial charge in [0, 0.05) is 10.9 Å². The van der Waals surface area contributed by atoms with Gasteiger partial charge in [0.05, 0.1) is 13.2 Å². The summed E-state index contributed by atoms with van der Waals surface area (Å²) in [5, 5.41) is 10.2. The molecule has 0 aliphatic carbocycles. The monoisotopic (exact) mass is 324 g/mol. The number of hydrogen-bond donors (Lipinski definition) is 1. The highest BCUT2D eigenvalue weighted by molar-refractivity contribution is 9.10. The van der Waals surface area contributed by atoms with Crippen LogP contribution in [0.15, 0.2) is 46.9 Å². The SMILES string of the molecule is COc1cccc(C(O)Cc2cc(Br)ccc2F)c1. The molecule has 2 aromatic rings. The van der Waals surface area contributed by atoms with Crippen molar-refractivity contribution in [2.45, 2.75) is 12.5 Å². The van der Waals surface area contributed by atoms with Crippen molar-refractivity contribution in [1.29, 1.82) is 0 Å². The first-order valence-corrected chi connectivity index (χ1v) is 6.65. The van der Waals surface area contributed by atoms with Gasteiger partial charge in [-0.05, 0) is 41.5 Å². The molecule has 1 atom stereocenters. The molecule has 100 valence electrons. The van der Waals surface area contributed by atoms with Gasteiger partial charge in [0.15, 0.2) is 0 Å². The van der Waals surface area contributed by atoms with Crippen molar-refractivity contribution in [2.75, 3.05) is 7.11 Å². The van der Waals surface area contributed by atoms with Crippen molar-refractivity contribution < 1.29 is 14.2 Å². The van der Waals surface area contributed by atoms with Crippen LogP contribution < -0.4 is 4.74 Å². The molecule has 0 aliphatic rings. The molecule has 19 heavy (non-hydrogen) atoms. The maximum Gasteiger partial charge on any atom is 0.126 e. The van der Waals surface area contributed by atoms with E-state index in [9.17, 15) is 9.50 Å². The van der Waals surface area contributed by atoms with Crippen LogP contribution in [0.4, 0.5) is 4.39 Å². The van der Waals surface area contributed by atoms with E-state index >= 15 is 0 Å². The normalized spacial score (nSPS) is 12.2. The quantitative estimate of drug-likeness (QED) is 0.925. The third-order valence-corrected chi connectivity index (χ3v) is 3.39. The molecular formula is C15H14BrFO2. The van der Waals surface area contributed by atoms with Gasteiger partial charge < -0.3 is 9.84 Å². The number of ether oxygens (including phenoxy) is 1. The molecule has 0 aromatic heterocycles. The predicted octanol–water partition coefficient (Wildman–Crippen LogP) is 3.87. The maximum atomic E-state index is 13.6. The standard InChI is InChI=1S/C15H14BrFO2/c1-19-13-4-2-3-10(8-13)15(18)9-11-7-12(16)5-6-14(11)17/h2-8,15,18H,9H2,1H3. The van der Waals surface area contributed by atoms with Crippen LogP contribution in [-0.2, 0) is 6.42 Å². The van der Waals surface area contributed by atoms with Crippen molar-refractivity contribution in [3.63, 3.8) is 0 Å². The van der Waals surface area contributed by atoms with Gasteiger partial charge in [0.25, 0.3) is 0 Å². The Morgan fingerprint density at radius 3 is 2.79 bits per heavy atom. The zero-order chi connectivity index (χ0) is 13.8. The van der Waals surface area contributed by atoms with Crippen LogP contribution >= 0.6 is 15.9 Å². The summed E-state index contributed by atoms with van der Waals surface area (Å²) >= 11 is 3.30. The first-order chi connectivity index (χ1) is 9.10. The lowest BCUT2D eigenvalue weighted by Gasteiger charge is -2.13. The van der Waals surface area contributed by atoms with Crippen LogP contribution in [0.3, 0.4) is 0 Å². The zero-order valence-corrected chi connectivity index (χ0v) is 12.0. The minimum absolute atomic E-state index is 0.221. The first kappa shape index (κ1) is 14.0. The third-order valence-electron chi connectivity index (χ3n) is 2.90. The second-order valence-electron chi connectivity index (χ2n) is 4.23. The smallest absolute Gasteiger partial charge is 0.126 e. The van der Waals surface area contributed by atoms with Gasteiger partial charge in [0.2, 0.25) is 0 Å². The Labute approximate surface area is 120 Å². The molecule has 0 aliphatic heterocycles. The summed E-state index contributed by atoms with van der Waals surface area (Å²) in [5.74, 6) is 0.358. The highest BCUT2D eigenvalue weighted by Crippen LogP contribution is 2.25. The molecule has 0 saturated heterocycles. The summed E-state index contributed by atoms with van der Waals surface area (Å²) in [6.07, 6.45) is -0.544. The lowest BCUT2D eigenvalue weighted by Crippen LogP contribution is -2.04. The summed E-state index contributed by atoms with van der Waals surface area (Å²) in [6.45, 7) is 0. The van der Waals surface area contributed by atoms with Crippen LogP contribution in [0.25, 0.3) is 0 Å². The van der Waals surface area contributed by atoms with E-state index in [0.29, 0.717) is 16.9 Å². The second kappa shape index (κ2) is 6.17. The number of benzene rings is 2. The lowest BCUT2D eigenvalue weighted by molar-refractivity contribution is 0.176. The van der Waals surface area contributed by atoms with Gasteiger partial charge in [-0.1, -0.05) is 28.1 Å². The Morgan fingerprint density at radius 2 is 2.05 bits per heavy atom. The molecular weight excluding hydrogens is 311 g/mol. The highest BCUT2D eigenvalue weighted by Gasteiger charge is 2.12. The molecule has 0 heterocycles. The van der Waals surface area contributed by atoms with Crippen molar-refractivity contribution in [1.82, 2.24) is 0 Å². The minimum Gasteiger partial charge on any atom is -0.497 e. The van der Waals surface area contributed by atoms with Crippen molar-refractivity contribution in [3.8, 4) is 5.75 Å². The number of halogens is 2. The molecule has 2 nitrogen and oxygen atoms in total. The fourth-order valence-electron chi connectivity index (χ4n) is 1.87. The molecule has 2 rings (SSSR count). The van der Waals surface area contributed by atoms with Crippen molar-refractivity contribution in [3.05, 3.63) is 63.9 Å². The maximum absolute atomic E-state index is 13.6. The van der Waals surface area contributed by atoms with E-state index in [1.165, 1.54) is 6.07 Å². The van der Waals surface area contributed by atoms with E-state index in [1.807, 2.05) is 0 Å². The van der Waals surface area contributed by atoms with Gasteiger partial charge >= 0.3 is 0 Å². The Balaban J connectivity index is 2.20. The zero-order valence-electron chi connectivity index (χ0n) is 10.4. The average molecular weight is 325 g/mol. The molecule has 0 bridgehead atoms. The summed E-state index contributed by atoms with van der Waals surface area (Å²) in [5.41, 5.74) is 1.18. The molecule has 0 fully saturated rings. The topological polar surface area (TPSA) is 29.5 Å². The molecule has 0 amide bonds. The fourth-order valence-corrected chi connectivity index (χ4v) is 2.28. The number of methoxy groups -OCH3 is 1. The number of hydrogen-bond acceptors (Lipinski definition) is 2. The van der Waals surface area contributed by atoms with Crippen LogP contribution in [0.5, 0.6) is 5.75 Å². The first-order valence-electron chi connectivity index (χ1n) is 5.86. The fraction of sp³-hybridized carbons (Fsp3) is 0.200. The summed E-state index contributed by atoms with van der Waals surface area (Å²) in [4.78, 5) is 0. The summed E-state index contributed by atoms with van der Waals surface area (Å²) in [7, 11) is 1.57. The van der Waals surface area contributed by atoms with E-state index < -0.39 is 6.10 Å². The second-order valence-corrected chi connectivity index (χ2v) is 5.15.